The molecule has 90 valence electrons. The van der Waals surface area contributed by atoms with Gasteiger partial charge in [0.1, 0.15) is 0 Å². The molecule has 1 rings (SSSR count). The van der Waals surface area contributed by atoms with Crippen molar-refractivity contribution in [3.05, 3.63) is 0 Å². The van der Waals surface area contributed by atoms with Crippen molar-refractivity contribution in [1.82, 2.24) is 10.2 Å². The number of likely N-dealkylation sites (tertiary alicyclic amines) is 1. The average molecular weight is 216 g/mol. The number of hydrogen-bond acceptors (Lipinski definition) is 4. The van der Waals surface area contributed by atoms with E-state index in [-0.39, 0.29) is 0 Å². The Morgan fingerprint density at radius 1 is 1.33 bits per heavy atom. The van der Waals surface area contributed by atoms with Crippen molar-refractivity contribution >= 4 is 0 Å². The summed E-state index contributed by atoms with van der Waals surface area (Å²) in [7, 11) is 3.76. The quantitative estimate of drug-likeness (QED) is 0.593. The van der Waals surface area contributed by atoms with Crippen molar-refractivity contribution in [2.75, 3.05) is 53.6 Å². The zero-order valence-corrected chi connectivity index (χ0v) is 10.00. The Morgan fingerprint density at radius 3 is 2.87 bits per heavy atom. The minimum absolute atomic E-state index is 0.679. The van der Waals surface area contributed by atoms with E-state index >= 15 is 0 Å². The zero-order valence-electron chi connectivity index (χ0n) is 10.00. The van der Waals surface area contributed by atoms with Crippen LogP contribution in [0.3, 0.4) is 0 Å². The molecule has 0 aromatic carbocycles. The van der Waals surface area contributed by atoms with E-state index in [1.54, 1.807) is 7.11 Å². The Labute approximate surface area is 92.9 Å². The van der Waals surface area contributed by atoms with Crippen molar-refractivity contribution < 1.29 is 9.47 Å². The van der Waals surface area contributed by atoms with E-state index in [1.807, 2.05) is 7.05 Å². The van der Waals surface area contributed by atoms with Gasteiger partial charge in [0, 0.05) is 39.5 Å². The van der Waals surface area contributed by atoms with Gasteiger partial charge in [0.05, 0.1) is 6.61 Å². The normalized spacial score (nSPS) is 22.4. The Morgan fingerprint density at radius 2 is 2.20 bits per heavy atom. The number of ether oxygens (including phenoxy) is 2. The van der Waals surface area contributed by atoms with Crippen molar-refractivity contribution in [2.45, 2.75) is 18.9 Å². The lowest BCUT2D eigenvalue weighted by atomic mass is 10.3. The summed E-state index contributed by atoms with van der Waals surface area (Å²) < 4.78 is 10.5. The van der Waals surface area contributed by atoms with E-state index in [9.17, 15) is 0 Å². The van der Waals surface area contributed by atoms with Crippen LogP contribution in [0.25, 0.3) is 0 Å². The summed E-state index contributed by atoms with van der Waals surface area (Å²) in [4.78, 5) is 2.46. The molecule has 1 unspecified atom stereocenters. The van der Waals surface area contributed by atoms with E-state index in [2.05, 4.69) is 10.2 Å². The average Bonchev–Trinajstić information content (AvgIpc) is 2.71. The Bertz CT molecular complexity index is 156. The molecule has 0 amide bonds. The van der Waals surface area contributed by atoms with Gasteiger partial charge in [-0.3, -0.25) is 4.90 Å². The maximum Gasteiger partial charge on any atom is 0.0593 e. The third-order valence-electron chi connectivity index (χ3n) is 2.87. The Kier molecular flexibility index (Phi) is 6.92. The molecular weight excluding hydrogens is 192 g/mol. The number of rotatable bonds is 8. The third-order valence-corrected chi connectivity index (χ3v) is 2.87. The molecule has 0 bridgehead atoms. The van der Waals surface area contributed by atoms with Gasteiger partial charge in [-0.15, -0.1) is 0 Å². The largest absolute Gasteiger partial charge is 0.385 e. The molecule has 1 heterocycles. The van der Waals surface area contributed by atoms with Gasteiger partial charge in [0.2, 0.25) is 0 Å². The van der Waals surface area contributed by atoms with Gasteiger partial charge in [0.25, 0.3) is 0 Å². The molecule has 0 aromatic heterocycles. The van der Waals surface area contributed by atoms with Crippen LogP contribution >= 0.6 is 0 Å². The van der Waals surface area contributed by atoms with Gasteiger partial charge in [-0.05, 0) is 26.4 Å². The van der Waals surface area contributed by atoms with Crippen molar-refractivity contribution in [1.29, 1.82) is 0 Å². The lowest BCUT2D eigenvalue weighted by Crippen LogP contribution is -2.31. The molecule has 1 aliphatic rings. The Balaban J connectivity index is 1.88. The summed E-state index contributed by atoms with van der Waals surface area (Å²) in [5, 5.41) is 3.31. The minimum atomic E-state index is 0.679. The van der Waals surface area contributed by atoms with E-state index in [0.29, 0.717) is 6.04 Å². The first-order valence-electron chi connectivity index (χ1n) is 5.83. The minimum Gasteiger partial charge on any atom is -0.385 e. The summed E-state index contributed by atoms with van der Waals surface area (Å²) >= 11 is 0. The number of nitrogens with zero attached hydrogens (tertiary/aromatic N) is 1. The molecule has 15 heavy (non-hydrogen) atoms. The summed E-state index contributed by atoms with van der Waals surface area (Å²) in [6.45, 7) is 5.89. The van der Waals surface area contributed by atoms with E-state index < -0.39 is 0 Å². The molecule has 0 aromatic rings. The van der Waals surface area contributed by atoms with Crippen LogP contribution in [0.4, 0.5) is 0 Å². The molecule has 1 atom stereocenters. The van der Waals surface area contributed by atoms with Gasteiger partial charge < -0.3 is 14.8 Å². The molecule has 1 N–H and O–H groups in total. The first-order chi connectivity index (χ1) is 7.36. The van der Waals surface area contributed by atoms with Crippen molar-refractivity contribution in [3.63, 3.8) is 0 Å². The fourth-order valence-electron chi connectivity index (χ4n) is 1.87. The molecule has 0 aliphatic carbocycles. The first-order valence-corrected chi connectivity index (χ1v) is 5.83. The van der Waals surface area contributed by atoms with Crippen molar-refractivity contribution in [3.8, 4) is 0 Å². The van der Waals surface area contributed by atoms with Crippen LogP contribution < -0.4 is 5.32 Å². The second-order valence-electron chi connectivity index (χ2n) is 4.03. The highest BCUT2D eigenvalue weighted by Gasteiger charge is 2.19. The highest BCUT2D eigenvalue weighted by atomic mass is 16.5. The lowest BCUT2D eigenvalue weighted by Gasteiger charge is -2.15. The predicted molar refractivity (Wildman–Crippen MR) is 61.2 cm³/mol. The Hall–Kier alpha value is -0.160. The van der Waals surface area contributed by atoms with E-state index in [0.717, 1.165) is 39.3 Å². The van der Waals surface area contributed by atoms with Crippen LogP contribution in [0.2, 0.25) is 0 Å². The fourth-order valence-corrected chi connectivity index (χ4v) is 1.87. The van der Waals surface area contributed by atoms with E-state index in [1.165, 1.54) is 13.0 Å². The van der Waals surface area contributed by atoms with Crippen LogP contribution in [-0.2, 0) is 9.47 Å². The summed E-state index contributed by atoms with van der Waals surface area (Å²) in [5.41, 5.74) is 0. The topological polar surface area (TPSA) is 33.7 Å². The van der Waals surface area contributed by atoms with Gasteiger partial charge >= 0.3 is 0 Å². The van der Waals surface area contributed by atoms with Crippen LogP contribution in [0.5, 0.6) is 0 Å². The van der Waals surface area contributed by atoms with Crippen LogP contribution in [0.15, 0.2) is 0 Å². The standard InChI is InChI=1S/C11H24N2O2/c1-12-11-4-5-13(10-11)6-9-15-8-3-7-14-2/h11-12H,3-10H2,1-2H3. The molecule has 1 aliphatic heterocycles. The summed E-state index contributed by atoms with van der Waals surface area (Å²) in [5.74, 6) is 0. The number of nitrogens with one attached hydrogen (secondary N) is 1. The molecule has 0 saturated carbocycles. The van der Waals surface area contributed by atoms with Gasteiger partial charge in [-0.1, -0.05) is 0 Å². The monoisotopic (exact) mass is 216 g/mol. The van der Waals surface area contributed by atoms with E-state index in [4.69, 9.17) is 9.47 Å². The smallest absolute Gasteiger partial charge is 0.0593 e. The lowest BCUT2D eigenvalue weighted by molar-refractivity contribution is 0.0881. The molecule has 4 heteroatoms. The second-order valence-corrected chi connectivity index (χ2v) is 4.03. The molecular formula is C11H24N2O2. The maximum absolute atomic E-state index is 5.52. The number of likely N-dealkylation sites (N-methyl/N-ethyl adjacent to an activating group) is 1. The molecule has 1 fully saturated rings. The molecule has 0 spiro atoms. The van der Waals surface area contributed by atoms with Gasteiger partial charge in [-0.2, -0.15) is 0 Å². The van der Waals surface area contributed by atoms with Crippen LogP contribution in [0.1, 0.15) is 12.8 Å². The van der Waals surface area contributed by atoms with Gasteiger partial charge in [0.15, 0.2) is 0 Å². The highest BCUT2D eigenvalue weighted by Crippen LogP contribution is 2.07. The SMILES string of the molecule is CNC1CCN(CCOCCCOC)C1. The fraction of sp³-hybridized carbons (Fsp3) is 1.00. The van der Waals surface area contributed by atoms with Crippen molar-refractivity contribution in [2.24, 2.45) is 0 Å². The van der Waals surface area contributed by atoms with Crippen LogP contribution in [-0.4, -0.2) is 64.6 Å². The summed E-state index contributed by atoms with van der Waals surface area (Å²) in [6, 6.07) is 0.679. The van der Waals surface area contributed by atoms with Gasteiger partial charge in [-0.25, -0.2) is 0 Å². The molecule has 1 saturated heterocycles. The molecule has 4 nitrogen and oxygen atoms in total. The zero-order chi connectivity index (χ0) is 10.9. The second kappa shape index (κ2) is 8.05. The third kappa shape index (κ3) is 5.47. The van der Waals surface area contributed by atoms with Crippen LogP contribution in [0, 0.1) is 0 Å². The maximum atomic E-state index is 5.52. The predicted octanol–water partition coefficient (Wildman–Crippen LogP) is 0.333. The molecule has 0 radical (unpaired) electrons. The highest BCUT2D eigenvalue weighted by molar-refractivity contribution is 4.79. The number of methoxy groups -OCH3 is 1. The number of hydrogen-bond donors (Lipinski definition) is 1. The summed E-state index contributed by atoms with van der Waals surface area (Å²) in [6.07, 6.45) is 2.26. The first kappa shape index (κ1) is 12.9.